The average Bonchev–Trinajstić information content (AvgIpc) is 3.01. The number of rotatable bonds is 5. The number of piperazine rings is 1. The van der Waals surface area contributed by atoms with E-state index in [2.05, 4.69) is 51.6 Å². The van der Waals surface area contributed by atoms with Gasteiger partial charge >= 0.3 is 0 Å². The Hall–Kier alpha value is -5.01. The minimum absolute atomic E-state index is 0.0920. The van der Waals surface area contributed by atoms with Crippen LogP contribution in [-0.2, 0) is 17.8 Å². The third-order valence-corrected chi connectivity index (χ3v) is 7.99. The topological polar surface area (TPSA) is 124 Å². The Labute approximate surface area is 244 Å². The first-order valence-electron chi connectivity index (χ1n) is 14.0. The predicted octanol–water partition coefficient (Wildman–Crippen LogP) is 4.07. The highest BCUT2D eigenvalue weighted by molar-refractivity contribution is 6.01. The first-order chi connectivity index (χ1) is 20.4. The van der Waals surface area contributed by atoms with Crippen LogP contribution < -0.4 is 15.4 Å². The van der Waals surface area contributed by atoms with Gasteiger partial charge in [0.1, 0.15) is 23.0 Å². The number of amides is 1. The zero-order valence-electron chi connectivity index (χ0n) is 23.8. The second-order valence-corrected chi connectivity index (χ2v) is 10.7. The summed E-state index contributed by atoms with van der Waals surface area (Å²) in [5.74, 6) is 0.955. The van der Waals surface area contributed by atoms with Crippen LogP contribution in [0.5, 0.6) is 11.6 Å². The van der Waals surface area contributed by atoms with Gasteiger partial charge in [0.25, 0.3) is 0 Å². The minimum atomic E-state index is -0.0920. The Bertz CT molecular complexity index is 1750. The van der Waals surface area contributed by atoms with Crippen LogP contribution in [0.3, 0.4) is 0 Å². The second-order valence-electron chi connectivity index (χ2n) is 10.7. The van der Waals surface area contributed by atoms with Crippen LogP contribution in [0.4, 0.5) is 11.5 Å². The molecule has 2 aromatic carbocycles. The molecule has 42 heavy (non-hydrogen) atoms. The number of hydrogen-bond donors (Lipinski definition) is 1. The minimum Gasteiger partial charge on any atom is -0.435 e. The third kappa shape index (κ3) is 4.88. The number of likely N-dealkylation sites (N-methyl/N-ethyl adjacent to an activating group) is 1. The molecule has 6 rings (SSSR count). The Morgan fingerprint density at radius 3 is 2.67 bits per heavy atom. The highest BCUT2D eigenvalue weighted by Crippen LogP contribution is 2.42. The Balaban J connectivity index is 1.57. The van der Waals surface area contributed by atoms with Crippen LogP contribution in [0.2, 0.25) is 0 Å². The molecule has 10 nitrogen and oxygen atoms in total. The maximum atomic E-state index is 12.3. The highest BCUT2D eigenvalue weighted by atomic mass is 16.5. The van der Waals surface area contributed by atoms with Crippen molar-refractivity contribution in [3.63, 3.8) is 0 Å². The van der Waals surface area contributed by atoms with Crippen molar-refractivity contribution in [3.8, 4) is 29.0 Å². The third-order valence-electron chi connectivity index (χ3n) is 7.99. The zero-order valence-corrected chi connectivity index (χ0v) is 23.8. The van der Waals surface area contributed by atoms with E-state index in [9.17, 15) is 10.1 Å². The molecule has 2 N–H and O–H groups in total. The van der Waals surface area contributed by atoms with Crippen molar-refractivity contribution < 1.29 is 9.53 Å². The highest BCUT2D eigenvalue weighted by Gasteiger charge is 2.28. The van der Waals surface area contributed by atoms with E-state index in [1.165, 1.54) is 23.4 Å². The van der Waals surface area contributed by atoms with Gasteiger partial charge in [-0.1, -0.05) is 36.9 Å². The number of anilines is 2. The molecular weight excluding hydrogens is 528 g/mol. The maximum absolute atomic E-state index is 12.3. The molecule has 4 heterocycles. The largest absolute Gasteiger partial charge is 0.435 e. The summed E-state index contributed by atoms with van der Waals surface area (Å²) in [6, 6.07) is 14.4. The molecule has 2 aliphatic heterocycles. The van der Waals surface area contributed by atoms with Gasteiger partial charge in [-0.25, -0.2) is 4.98 Å². The molecule has 0 radical (unpaired) electrons. The Morgan fingerprint density at radius 1 is 1.12 bits per heavy atom. The fourth-order valence-corrected chi connectivity index (χ4v) is 5.85. The van der Waals surface area contributed by atoms with Gasteiger partial charge in [0.15, 0.2) is 5.75 Å². The molecule has 0 aliphatic carbocycles. The number of nitrogens with two attached hydrogens (primary N) is 1. The molecule has 1 amide bonds. The number of nitrogens with zero attached hydrogens (tertiary/aromatic N) is 7. The average molecular weight is 561 g/mol. The van der Waals surface area contributed by atoms with Crippen molar-refractivity contribution in [2.24, 2.45) is 0 Å². The van der Waals surface area contributed by atoms with Gasteiger partial charge in [-0.2, -0.15) is 10.2 Å². The number of fused-ring (bicyclic) bond motifs is 2. The predicted molar refractivity (Wildman–Crippen MR) is 162 cm³/mol. The standard InChI is InChI=1S/C32H32N8O2/c1-4-28(41)39-13-15-40(16-14-39)31-24-9-6-10-26(42-32-20(2)35-18-27(34)36-32)30(24)37-29(25(31)17-33)23-8-5-7-21-19-38(3)12-11-22(21)23/h4-10,18H,1,11-16,19H2,2-3H3,(H2,34,36). The lowest BCUT2D eigenvalue weighted by atomic mass is 9.90. The normalized spacial score (nSPS) is 15.3. The number of aromatic nitrogens is 3. The smallest absolute Gasteiger partial charge is 0.246 e. The van der Waals surface area contributed by atoms with Gasteiger partial charge in [0.05, 0.1) is 23.3 Å². The van der Waals surface area contributed by atoms with E-state index in [0.29, 0.717) is 60.3 Å². The van der Waals surface area contributed by atoms with Crippen molar-refractivity contribution in [1.82, 2.24) is 24.8 Å². The van der Waals surface area contributed by atoms with Crippen LogP contribution in [0.1, 0.15) is 22.4 Å². The number of hydrogen-bond acceptors (Lipinski definition) is 9. The number of para-hydroxylation sites is 1. The first-order valence-corrected chi connectivity index (χ1v) is 14.0. The summed E-state index contributed by atoms with van der Waals surface area (Å²) in [5, 5.41) is 11.5. The molecule has 0 spiro atoms. The monoisotopic (exact) mass is 560 g/mol. The van der Waals surface area contributed by atoms with Crippen molar-refractivity contribution in [2.45, 2.75) is 19.9 Å². The van der Waals surface area contributed by atoms with Gasteiger partial charge < -0.3 is 25.2 Å². The molecule has 1 fully saturated rings. The number of pyridine rings is 1. The summed E-state index contributed by atoms with van der Waals surface area (Å²) >= 11 is 0. The summed E-state index contributed by atoms with van der Waals surface area (Å²) in [6.07, 6.45) is 3.70. The van der Waals surface area contributed by atoms with E-state index in [0.717, 1.165) is 36.1 Å². The molecule has 0 saturated carbocycles. The molecule has 0 bridgehead atoms. The lowest BCUT2D eigenvalue weighted by molar-refractivity contribution is -0.126. The Morgan fingerprint density at radius 2 is 1.90 bits per heavy atom. The molecule has 1 saturated heterocycles. The Kier molecular flexibility index (Phi) is 7.19. The summed E-state index contributed by atoms with van der Waals surface area (Å²) in [5.41, 5.74) is 12.4. The van der Waals surface area contributed by atoms with Gasteiger partial charge in [-0.05, 0) is 43.7 Å². The number of carbonyl (C=O) groups excluding carboxylic acids is 1. The van der Waals surface area contributed by atoms with Gasteiger partial charge in [-0.15, -0.1) is 0 Å². The molecule has 4 aromatic rings. The van der Waals surface area contributed by atoms with Gasteiger partial charge in [0.2, 0.25) is 11.8 Å². The van der Waals surface area contributed by atoms with E-state index in [1.807, 2.05) is 31.2 Å². The van der Waals surface area contributed by atoms with E-state index in [4.69, 9.17) is 15.5 Å². The van der Waals surface area contributed by atoms with Crippen molar-refractivity contribution >= 4 is 28.3 Å². The van der Waals surface area contributed by atoms with Crippen molar-refractivity contribution in [1.29, 1.82) is 5.26 Å². The van der Waals surface area contributed by atoms with Crippen LogP contribution in [0.15, 0.2) is 55.3 Å². The van der Waals surface area contributed by atoms with Crippen LogP contribution >= 0.6 is 0 Å². The lowest BCUT2D eigenvalue weighted by Gasteiger charge is -2.37. The quantitative estimate of drug-likeness (QED) is 0.360. The summed E-state index contributed by atoms with van der Waals surface area (Å²) < 4.78 is 6.31. The molecule has 0 unspecified atom stereocenters. The maximum Gasteiger partial charge on any atom is 0.246 e. The number of carbonyl (C=O) groups is 1. The SMILES string of the molecule is C=CC(=O)N1CCN(c2c(C#N)c(-c3cccc4c3CCN(C)C4)nc3c(Oc4nc(N)cnc4C)cccc23)CC1. The first kappa shape index (κ1) is 27.2. The van der Waals surface area contributed by atoms with Crippen LogP contribution in [0, 0.1) is 18.3 Å². The zero-order chi connectivity index (χ0) is 29.4. The fourth-order valence-electron chi connectivity index (χ4n) is 5.85. The molecule has 2 aromatic heterocycles. The fraction of sp³-hybridized carbons (Fsp3) is 0.281. The lowest BCUT2D eigenvalue weighted by Crippen LogP contribution is -2.48. The van der Waals surface area contributed by atoms with Crippen molar-refractivity contribution in [3.05, 3.63) is 77.6 Å². The second kappa shape index (κ2) is 11.1. The number of aryl methyl sites for hydroxylation is 1. The molecule has 10 heteroatoms. The van der Waals surface area contributed by atoms with E-state index < -0.39 is 0 Å². The molecule has 2 aliphatic rings. The van der Waals surface area contributed by atoms with E-state index >= 15 is 0 Å². The van der Waals surface area contributed by atoms with Gasteiger partial charge in [0, 0.05) is 50.2 Å². The number of ether oxygens (including phenoxy) is 1. The van der Waals surface area contributed by atoms with E-state index in [-0.39, 0.29) is 11.7 Å². The number of nitrogen functional groups attached to an aromatic ring is 1. The summed E-state index contributed by atoms with van der Waals surface area (Å²) in [6.45, 7) is 9.38. The summed E-state index contributed by atoms with van der Waals surface area (Å²) in [7, 11) is 2.12. The molecule has 0 atom stereocenters. The van der Waals surface area contributed by atoms with Crippen LogP contribution in [-0.4, -0.2) is 70.4 Å². The molecular formula is C32H32N8O2. The summed E-state index contributed by atoms with van der Waals surface area (Å²) in [4.78, 5) is 32.4. The number of benzene rings is 2. The van der Waals surface area contributed by atoms with Crippen molar-refractivity contribution in [2.75, 3.05) is 50.4 Å². The van der Waals surface area contributed by atoms with Gasteiger partial charge in [-0.3, -0.25) is 9.78 Å². The number of nitriles is 1. The van der Waals surface area contributed by atoms with E-state index in [1.54, 1.807) is 4.90 Å². The van der Waals surface area contributed by atoms with Crippen LogP contribution in [0.25, 0.3) is 22.2 Å². The molecule has 212 valence electrons.